The van der Waals surface area contributed by atoms with E-state index in [9.17, 15) is 15.0 Å². The molecule has 9 heteroatoms. The summed E-state index contributed by atoms with van der Waals surface area (Å²) in [6, 6.07) is 13.0. The van der Waals surface area contributed by atoms with E-state index in [1.54, 1.807) is 32.9 Å². The lowest BCUT2D eigenvalue weighted by Crippen LogP contribution is -2.59. The fourth-order valence-corrected chi connectivity index (χ4v) is 4.61. The van der Waals surface area contributed by atoms with Crippen LogP contribution in [0.15, 0.2) is 73.8 Å². The Kier molecular flexibility index (Phi) is 13.8. The summed E-state index contributed by atoms with van der Waals surface area (Å²) in [5.41, 5.74) is 0.755. The molecule has 0 aliphatic heterocycles. The van der Waals surface area contributed by atoms with E-state index in [1.165, 1.54) is 4.90 Å². The highest BCUT2D eigenvalue weighted by atomic mass is 35.5. The lowest BCUT2D eigenvalue weighted by molar-refractivity contribution is -0.0364. The minimum Gasteiger partial charge on any atom is -0.490 e. The number of alkyl halides is 2. The number of hydrogen-bond acceptors (Lipinski definition) is 6. The third-order valence-corrected chi connectivity index (χ3v) is 6.58. The molecule has 40 heavy (non-hydrogen) atoms. The molecule has 2 rings (SSSR count). The van der Waals surface area contributed by atoms with Gasteiger partial charge in [-0.1, -0.05) is 49.6 Å². The number of nitrogens with zero attached hydrogens (tertiary/aromatic N) is 1. The monoisotopic (exact) mass is 593 g/mol. The Morgan fingerprint density at radius 1 is 0.875 bits per heavy atom. The zero-order valence-electron chi connectivity index (χ0n) is 23.5. The van der Waals surface area contributed by atoms with Crippen molar-refractivity contribution in [3.05, 3.63) is 85.0 Å². The van der Waals surface area contributed by atoms with Gasteiger partial charge in [0.2, 0.25) is 0 Å². The molecule has 7 nitrogen and oxygen atoms in total. The van der Waals surface area contributed by atoms with Gasteiger partial charge in [-0.05, 0) is 69.0 Å². The number of rotatable bonds is 16. The van der Waals surface area contributed by atoms with Gasteiger partial charge < -0.3 is 24.4 Å². The molecule has 0 aromatic heterocycles. The molecule has 0 spiro atoms. The van der Waals surface area contributed by atoms with E-state index in [-0.39, 0.29) is 24.6 Å². The summed E-state index contributed by atoms with van der Waals surface area (Å²) in [6.07, 6.45) is 0.741. The third kappa shape index (κ3) is 10.7. The summed E-state index contributed by atoms with van der Waals surface area (Å²) in [4.78, 5) is 15.2. The van der Waals surface area contributed by atoms with Crippen molar-refractivity contribution in [1.29, 1.82) is 0 Å². The molecule has 0 fully saturated rings. The van der Waals surface area contributed by atoms with Gasteiger partial charge in [0.15, 0.2) is 0 Å². The van der Waals surface area contributed by atoms with Crippen molar-refractivity contribution in [1.82, 2.24) is 4.90 Å². The molecule has 0 unspecified atom stereocenters. The fraction of sp³-hybridized carbons (Fsp3) is 0.452. The van der Waals surface area contributed by atoms with E-state index in [0.29, 0.717) is 24.7 Å². The number of halogens is 2. The summed E-state index contributed by atoms with van der Waals surface area (Å²) in [6.45, 7) is 13.3. The normalized spacial score (nSPS) is 14.4. The van der Waals surface area contributed by atoms with Crippen LogP contribution in [0.3, 0.4) is 0 Å². The number of aliphatic hydroxyl groups excluding tert-OH is 2. The second kappa shape index (κ2) is 16.5. The molecule has 0 saturated heterocycles. The van der Waals surface area contributed by atoms with Crippen LogP contribution in [0.4, 0.5) is 4.79 Å². The first-order valence-electron chi connectivity index (χ1n) is 13.2. The van der Waals surface area contributed by atoms with E-state index in [4.69, 9.17) is 37.4 Å². The van der Waals surface area contributed by atoms with E-state index >= 15 is 0 Å². The van der Waals surface area contributed by atoms with Crippen molar-refractivity contribution < 1.29 is 29.2 Å². The number of carbonyl (C=O) groups is 1. The van der Waals surface area contributed by atoms with Crippen molar-refractivity contribution >= 4 is 29.3 Å². The highest BCUT2D eigenvalue weighted by molar-refractivity contribution is 6.18. The standard InChI is InChI=1S/C31H41Cl2NO6/c1-6-14-38-24-12-8-10-22(16-24)18-26(28(35)20-32)34(30(37)40-31(3,4)5)27(29(36)21-33)19-23-11-9-13-25(17-23)39-15-7-2/h6-13,16-17,26-29,35-36H,1-2,14-15,18-21H2,3-5H3/t26-,27-,28+,29+/m0/s1. The maximum absolute atomic E-state index is 13.8. The van der Waals surface area contributed by atoms with Crippen LogP contribution in [0.25, 0.3) is 0 Å². The lowest BCUT2D eigenvalue weighted by atomic mass is 9.94. The number of hydrogen-bond donors (Lipinski definition) is 2. The minimum absolute atomic E-state index is 0.148. The quantitative estimate of drug-likeness (QED) is 0.189. The van der Waals surface area contributed by atoms with Crippen LogP contribution in [0.2, 0.25) is 0 Å². The molecule has 4 atom stereocenters. The van der Waals surface area contributed by atoms with Crippen LogP contribution in [0.5, 0.6) is 11.5 Å². The average Bonchev–Trinajstić information content (AvgIpc) is 2.92. The first kappa shape index (κ1) is 33.5. The van der Waals surface area contributed by atoms with E-state index in [1.807, 2.05) is 48.5 Å². The van der Waals surface area contributed by atoms with E-state index in [2.05, 4.69) is 13.2 Å². The smallest absolute Gasteiger partial charge is 0.410 e. The Morgan fingerprint density at radius 3 is 1.65 bits per heavy atom. The zero-order chi connectivity index (χ0) is 29.7. The van der Waals surface area contributed by atoms with Gasteiger partial charge in [0.05, 0.1) is 36.1 Å². The molecule has 2 N–H and O–H groups in total. The molecule has 0 heterocycles. The molecule has 220 valence electrons. The predicted molar refractivity (Wildman–Crippen MR) is 161 cm³/mol. The van der Waals surface area contributed by atoms with Gasteiger partial charge in [-0.25, -0.2) is 4.79 Å². The van der Waals surface area contributed by atoms with Crippen LogP contribution in [0, 0.1) is 0 Å². The van der Waals surface area contributed by atoms with Crippen LogP contribution in [0.1, 0.15) is 31.9 Å². The maximum Gasteiger partial charge on any atom is 0.410 e. The topological polar surface area (TPSA) is 88.5 Å². The first-order chi connectivity index (χ1) is 19.0. The molecule has 0 aliphatic carbocycles. The van der Waals surface area contributed by atoms with Crippen molar-refractivity contribution in [3.63, 3.8) is 0 Å². The van der Waals surface area contributed by atoms with Gasteiger partial charge in [0.1, 0.15) is 30.3 Å². The Balaban J connectivity index is 2.57. The highest BCUT2D eigenvalue weighted by Crippen LogP contribution is 2.27. The summed E-state index contributed by atoms with van der Waals surface area (Å²) in [5, 5.41) is 22.3. The minimum atomic E-state index is -1.14. The van der Waals surface area contributed by atoms with Crippen molar-refractivity contribution in [2.24, 2.45) is 0 Å². The van der Waals surface area contributed by atoms with Crippen molar-refractivity contribution in [2.75, 3.05) is 25.0 Å². The molecule has 0 radical (unpaired) electrons. The molecular formula is C31H41Cl2NO6. The van der Waals surface area contributed by atoms with E-state index < -0.39 is 36.0 Å². The summed E-state index contributed by atoms with van der Waals surface area (Å²) < 4.78 is 17.1. The van der Waals surface area contributed by atoms with Crippen LogP contribution in [-0.2, 0) is 17.6 Å². The van der Waals surface area contributed by atoms with Crippen LogP contribution < -0.4 is 9.47 Å². The molecule has 0 bridgehead atoms. The molecule has 2 aromatic carbocycles. The molecule has 0 saturated carbocycles. The molecule has 0 aliphatic rings. The average molecular weight is 595 g/mol. The van der Waals surface area contributed by atoms with Crippen molar-refractivity contribution in [3.8, 4) is 11.5 Å². The Hall–Kier alpha value is -2.71. The summed E-state index contributed by atoms with van der Waals surface area (Å²) >= 11 is 12.3. The Bertz CT molecular complexity index is 1020. The van der Waals surface area contributed by atoms with E-state index in [0.717, 1.165) is 11.1 Å². The summed E-state index contributed by atoms with van der Waals surface area (Å²) in [7, 11) is 0. The lowest BCUT2D eigenvalue weighted by Gasteiger charge is -2.42. The van der Waals surface area contributed by atoms with Gasteiger partial charge in [-0.2, -0.15) is 0 Å². The molecule has 2 aromatic rings. The van der Waals surface area contributed by atoms with Gasteiger partial charge in [0.25, 0.3) is 0 Å². The fourth-order valence-electron chi connectivity index (χ4n) is 4.19. The van der Waals surface area contributed by atoms with Gasteiger partial charge >= 0.3 is 6.09 Å². The van der Waals surface area contributed by atoms with Gasteiger partial charge in [-0.3, -0.25) is 4.90 Å². The zero-order valence-corrected chi connectivity index (χ0v) is 25.0. The molecule has 1 amide bonds. The second-order valence-corrected chi connectivity index (χ2v) is 11.0. The van der Waals surface area contributed by atoms with Crippen LogP contribution >= 0.6 is 23.2 Å². The first-order valence-corrected chi connectivity index (χ1v) is 14.2. The number of aliphatic hydroxyl groups is 2. The number of carbonyl (C=O) groups excluding carboxylic acids is 1. The summed E-state index contributed by atoms with van der Waals surface area (Å²) in [5.74, 6) is 0.944. The SMILES string of the molecule is C=CCOc1cccc(C[C@@H]([C@H](O)CCl)N(C(=O)OC(C)(C)C)[C@@H](Cc2cccc(OCC=C)c2)[C@H](O)CCl)c1. The maximum atomic E-state index is 13.8. The van der Waals surface area contributed by atoms with Crippen molar-refractivity contribution in [2.45, 2.75) is 63.5 Å². The second-order valence-electron chi connectivity index (χ2n) is 10.4. The third-order valence-electron chi connectivity index (χ3n) is 5.95. The largest absolute Gasteiger partial charge is 0.490 e. The van der Waals surface area contributed by atoms with Gasteiger partial charge in [0, 0.05) is 0 Å². The van der Waals surface area contributed by atoms with Gasteiger partial charge in [-0.15, -0.1) is 23.2 Å². The molecular weight excluding hydrogens is 553 g/mol. The predicted octanol–water partition coefficient (Wildman–Crippen LogP) is 5.78. The number of ether oxygens (including phenoxy) is 3. The van der Waals surface area contributed by atoms with Crippen LogP contribution in [-0.4, -0.2) is 76.1 Å². The Labute approximate surface area is 248 Å². The number of benzene rings is 2. The number of amides is 1. The Morgan fingerprint density at radius 2 is 1.30 bits per heavy atom. The highest BCUT2D eigenvalue weighted by Gasteiger charge is 2.40.